The van der Waals surface area contributed by atoms with Gasteiger partial charge >= 0.3 is 5.97 Å². The number of aliphatic carboxylic acids is 1. The number of rotatable bonds is 6. The lowest BCUT2D eigenvalue weighted by Crippen LogP contribution is -2.45. The van der Waals surface area contributed by atoms with Gasteiger partial charge in [-0.25, -0.2) is 4.99 Å². The number of fused-ring (bicyclic) bond motifs is 3. The molecule has 2 atom stereocenters. The van der Waals surface area contributed by atoms with Gasteiger partial charge in [0.1, 0.15) is 17.1 Å². The lowest BCUT2D eigenvalue weighted by molar-refractivity contribution is -0.136. The monoisotopic (exact) mass is 445 g/mol. The van der Waals surface area contributed by atoms with E-state index < -0.39 is 17.3 Å². The average molecular weight is 446 g/mol. The molecule has 0 unspecified atom stereocenters. The van der Waals surface area contributed by atoms with Crippen molar-refractivity contribution in [1.29, 1.82) is 0 Å². The quantitative estimate of drug-likeness (QED) is 0.710. The fraction of sp³-hybridized carbons (Fsp3) is 0.545. The van der Waals surface area contributed by atoms with Crippen LogP contribution in [0.2, 0.25) is 0 Å². The third kappa shape index (κ3) is 4.15. The average Bonchev–Trinajstić information content (AvgIpc) is 3.09. The van der Waals surface area contributed by atoms with Gasteiger partial charge in [-0.15, -0.1) is 0 Å². The summed E-state index contributed by atoms with van der Waals surface area (Å²) in [5.74, 6) is 0.886. The van der Waals surface area contributed by atoms with E-state index in [0.717, 1.165) is 24.6 Å². The number of thioether (sulfide) groups is 1. The van der Waals surface area contributed by atoms with E-state index in [1.807, 2.05) is 4.90 Å². The molecule has 2 aliphatic heterocycles. The first-order valence-electron chi connectivity index (χ1n) is 10.6. The molecule has 166 valence electrons. The number of aliphatic imine (C=N–C) groups is 2. The van der Waals surface area contributed by atoms with E-state index in [0.29, 0.717) is 46.1 Å². The summed E-state index contributed by atoms with van der Waals surface area (Å²) in [5.41, 5.74) is 1.27. The van der Waals surface area contributed by atoms with Crippen molar-refractivity contribution in [3.8, 4) is 11.5 Å². The van der Waals surface area contributed by atoms with Gasteiger partial charge in [0.25, 0.3) is 5.91 Å². The minimum absolute atomic E-state index is 0.195. The van der Waals surface area contributed by atoms with Crippen LogP contribution in [0.1, 0.15) is 51.0 Å². The zero-order chi connectivity index (χ0) is 22.1. The molecule has 1 aliphatic carbocycles. The minimum Gasteiger partial charge on any atom is -0.493 e. The van der Waals surface area contributed by atoms with Crippen molar-refractivity contribution >= 4 is 40.3 Å². The number of benzene rings is 1. The van der Waals surface area contributed by atoms with Crippen LogP contribution in [0.4, 0.5) is 5.69 Å². The predicted octanol–water partition coefficient (Wildman–Crippen LogP) is 3.84. The van der Waals surface area contributed by atoms with Gasteiger partial charge in [0.15, 0.2) is 16.7 Å². The molecule has 9 heteroatoms. The molecule has 31 heavy (non-hydrogen) atoms. The molecule has 2 heterocycles. The Morgan fingerprint density at radius 2 is 1.87 bits per heavy atom. The van der Waals surface area contributed by atoms with Crippen LogP contribution in [-0.4, -0.2) is 58.4 Å². The fourth-order valence-corrected chi connectivity index (χ4v) is 5.33. The highest BCUT2D eigenvalue weighted by Gasteiger charge is 2.44. The molecular weight excluding hydrogens is 418 g/mol. The molecule has 1 fully saturated rings. The van der Waals surface area contributed by atoms with E-state index in [-0.39, 0.29) is 5.91 Å². The molecule has 1 aromatic carbocycles. The van der Waals surface area contributed by atoms with Gasteiger partial charge < -0.3 is 14.6 Å². The number of carboxylic acids is 1. The molecule has 4 rings (SSSR count). The van der Waals surface area contributed by atoms with E-state index >= 15 is 0 Å². The molecule has 3 aliphatic rings. The summed E-state index contributed by atoms with van der Waals surface area (Å²) in [5, 5.41) is 9.22. The maximum Gasteiger partial charge on any atom is 0.316 e. The number of carbonyl (C=O) groups excluding carboxylic acids is 1. The first-order valence-corrected chi connectivity index (χ1v) is 11.5. The topological polar surface area (TPSA) is 101 Å². The highest BCUT2D eigenvalue weighted by Crippen LogP contribution is 2.42. The molecule has 1 N–H and O–H groups in total. The molecule has 8 nitrogen and oxygen atoms in total. The normalized spacial score (nSPS) is 21.7. The lowest BCUT2D eigenvalue weighted by Gasteiger charge is -2.34. The van der Waals surface area contributed by atoms with Gasteiger partial charge in [-0.05, 0) is 25.3 Å². The number of carboxylic acid groups (broad SMARTS) is 1. The lowest BCUT2D eigenvalue weighted by atomic mass is 9.84. The summed E-state index contributed by atoms with van der Waals surface area (Å²) >= 11 is 1.13. The number of ether oxygens (including phenoxy) is 2. The van der Waals surface area contributed by atoms with Crippen molar-refractivity contribution in [3.63, 3.8) is 0 Å². The second kappa shape index (κ2) is 8.90. The maximum absolute atomic E-state index is 13.0. The minimum atomic E-state index is -0.932. The maximum atomic E-state index is 13.0. The second-order valence-electron chi connectivity index (χ2n) is 8.12. The van der Waals surface area contributed by atoms with Crippen LogP contribution in [0.3, 0.4) is 0 Å². The van der Waals surface area contributed by atoms with Gasteiger partial charge in [-0.2, -0.15) is 4.99 Å². The van der Waals surface area contributed by atoms with Crippen molar-refractivity contribution in [3.05, 3.63) is 17.7 Å². The van der Waals surface area contributed by atoms with Crippen molar-refractivity contribution in [2.24, 2.45) is 15.9 Å². The fourth-order valence-electron chi connectivity index (χ4n) is 4.44. The molecule has 0 saturated heterocycles. The Balaban J connectivity index is 1.75. The van der Waals surface area contributed by atoms with Crippen LogP contribution in [0.25, 0.3) is 0 Å². The first-order chi connectivity index (χ1) is 14.9. The Labute approximate surface area is 185 Å². The Kier molecular flexibility index (Phi) is 6.22. The zero-order valence-corrected chi connectivity index (χ0v) is 18.8. The third-order valence-electron chi connectivity index (χ3n) is 6.12. The van der Waals surface area contributed by atoms with Crippen LogP contribution in [0.15, 0.2) is 22.1 Å². The summed E-state index contributed by atoms with van der Waals surface area (Å²) < 4.78 is 10.8. The Morgan fingerprint density at radius 1 is 1.19 bits per heavy atom. The molecular formula is C22H27N3O5S. The van der Waals surface area contributed by atoms with Crippen LogP contribution in [0.5, 0.6) is 11.5 Å². The van der Waals surface area contributed by atoms with Gasteiger partial charge in [-0.1, -0.05) is 43.9 Å². The number of hydrogen-bond acceptors (Lipinski definition) is 7. The number of nitrogens with zero attached hydrogens (tertiary/aromatic N) is 3. The third-order valence-corrected chi connectivity index (χ3v) is 7.17. The first kappa shape index (κ1) is 21.7. The Bertz CT molecular complexity index is 955. The van der Waals surface area contributed by atoms with E-state index in [2.05, 4.69) is 4.99 Å². The summed E-state index contributed by atoms with van der Waals surface area (Å²) in [6.45, 7) is 1.62. The molecule has 1 saturated carbocycles. The summed E-state index contributed by atoms with van der Waals surface area (Å²) in [6.07, 6.45) is 6.54. The molecule has 0 radical (unpaired) electrons. The second-order valence-corrected chi connectivity index (χ2v) is 9.42. The number of amidine groups is 2. The summed E-state index contributed by atoms with van der Waals surface area (Å²) in [7, 11) is 3.10. The van der Waals surface area contributed by atoms with E-state index in [4.69, 9.17) is 14.5 Å². The van der Waals surface area contributed by atoms with Crippen molar-refractivity contribution in [2.45, 2.75) is 56.7 Å². The van der Waals surface area contributed by atoms with Crippen molar-refractivity contribution in [2.75, 3.05) is 14.2 Å². The number of amides is 1. The molecule has 1 amide bonds. The Morgan fingerprint density at radius 3 is 2.52 bits per heavy atom. The molecule has 0 bridgehead atoms. The van der Waals surface area contributed by atoms with Crippen molar-refractivity contribution in [1.82, 2.24) is 4.90 Å². The van der Waals surface area contributed by atoms with E-state index in [1.165, 1.54) is 19.3 Å². The van der Waals surface area contributed by atoms with Gasteiger partial charge in [0.2, 0.25) is 0 Å². The van der Waals surface area contributed by atoms with Crippen LogP contribution >= 0.6 is 11.8 Å². The smallest absolute Gasteiger partial charge is 0.316 e. The molecule has 0 aromatic heterocycles. The van der Waals surface area contributed by atoms with E-state index in [1.54, 1.807) is 33.3 Å². The standard InChI is InChI=1S/C22H27N3O5S/c1-12(21(27)28)31-22-23-15-11-18(30-3)17(29-2)10-14(15)19-24-20(26)16(25(19)22)9-13-7-5-4-6-8-13/h10-13,16H,4-9H2,1-3H3,(H,27,28)/t12-,16+/m0/s1. The van der Waals surface area contributed by atoms with Crippen LogP contribution < -0.4 is 9.47 Å². The zero-order valence-electron chi connectivity index (χ0n) is 18.0. The summed E-state index contributed by atoms with van der Waals surface area (Å²) in [4.78, 5) is 35.5. The van der Waals surface area contributed by atoms with Crippen molar-refractivity contribution < 1.29 is 24.2 Å². The molecule has 1 aromatic rings. The van der Waals surface area contributed by atoms with Gasteiger partial charge in [0, 0.05) is 11.6 Å². The number of carbonyl (C=O) groups is 2. The SMILES string of the molecule is COc1cc2c(cc1OC)C1=NC(=O)[C@@H](CC3CCCCC3)N1C(S[C@@H](C)C(=O)O)=N2. The number of hydrogen-bond donors (Lipinski definition) is 1. The Hall–Kier alpha value is -2.55. The molecule has 0 spiro atoms. The highest BCUT2D eigenvalue weighted by molar-refractivity contribution is 8.14. The number of methoxy groups -OCH3 is 2. The van der Waals surface area contributed by atoms with Crippen LogP contribution in [-0.2, 0) is 9.59 Å². The van der Waals surface area contributed by atoms with Gasteiger partial charge in [-0.3, -0.25) is 14.5 Å². The van der Waals surface area contributed by atoms with Gasteiger partial charge in [0.05, 0.1) is 19.9 Å². The van der Waals surface area contributed by atoms with Crippen LogP contribution in [0, 0.1) is 5.92 Å². The highest BCUT2D eigenvalue weighted by atomic mass is 32.2. The predicted molar refractivity (Wildman–Crippen MR) is 120 cm³/mol. The largest absolute Gasteiger partial charge is 0.493 e. The summed E-state index contributed by atoms with van der Waals surface area (Å²) in [6, 6.07) is 3.06. The van der Waals surface area contributed by atoms with E-state index in [9.17, 15) is 14.7 Å².